The summed E-state index contributed by atoms with van der Waals surface area (Å²) in [6.45, 7) is 3.59. The van der Waals surface area contributed by atoms with Gasteiger partial charge in [-0.2, -0.15) is 0 Å². The van der Waals surface area contributed by atoms with Crippen LogP contribution in [-0.4, -0.2) is 28.6 Å². The molecule has 1 fully saturated rings. The number of nitrogens with zero attached hydrogens (tertiary/aromatic N) is 1. The zero-order chi connectivity index (χ0) is 19.8. The van der Waals surface area contributed by atoms with Gasteiger partial charge in [0, 0.05) is 6.04 Å². The minimum absolute atomic E-state index is 0.157. The number of hydrogen-bond donors (Lipinski definition) is 1. The molecule has 1 saturated heterocycles. The van der Waals surface area contributed by atoms with Crippen molar-refractivity contribution in [3.63, 3.8) is 0 Å². The monoisotopic (exact) mass is 381 g/mol. The third kappa shape index (κ3) is 5.35. The van der Waals surface area contributed by atoms with Gasteiger partial charge in [0.15, 0.2) is 0 Å². The van der Waals surface area contributed by atoms with E-state index in [1.54, 1.807) is 0 Å². The van der Waals surface area contributed by atoms with Gasteiger partial charge in [-0.3, -0.25) is 9.69 Å². The topological polar surface area (TPSA) is 49.8 Å². The van der Waals surface area contributed by atoms with Crippen molar-refractivity contribution in [1.29, 1.82) is 0 Å². The molecule has 0 bridgehead atoms. The predicted molar refractivity (Wildman–Crippen MR) is 111 cm³/mol. The molecule has 2 atom stereocenters. The molecule has 4 nitrogen and oxygen atoms in total. The molecule has 0 radical (unpaired) electrons. The van der Waals surface area contributed by atoms with Crippen LogP contribution in [0, 0.1) is 0 Å². The minimum Gasteiger partial charge on any atom is -0.489 e. The molecule has 0 aliphatic carbocycles. The molecule has 2 unspecified atom stereocenters. The molecule has 2 aromatic rings. The lowest BCUT2D eigenvalue weighted by Crippen LogP contribution is -2.46. The van der Waals surface area contributed by atoms with Crippen molar-refractivity contribution in [1.82, 2.24) is 4.90 Å². The van der Waals surface area contributed by atoms with E-state index in [4.69, 9.17) is 4.74 Å². The highest BCUT2D eigenvalue weighted by atomic mass is 16.5. The van der Waals surface area contributed by atoms with Gasteiger partial charge in [0.2, 0.25) is 0 Å². The minimum atomic E-state index is -0.691. The van der Waals surface area contributed by atoms with Gasteiger partial charge in [-0.1, -0.05) is 68.7 Å². The number of unbranched alkanes of at least 4 members (excludes halogenated alkanes) is 1. The van der Waals surface area contributed by atoms with Crippen LogP contribution in [0.25, 0.3) is 0 Å². The van der Waals surface area contributed by atoms with Crippen molar-refractivity contribution in [2.24, 2.45) is 0 Å². The lowest BCUT2D eigenvalue weighted by molar-refractivity contribution is -0.146. The first-order valence-corrected chi connectivity index (χ1v) is 10.4. The van der Waals surface area contributed by atoms with Crippen molar-refractivity contribution >= 4 is 5.97 Å². The fourth-order valence-corrected chi connectivity index (χ4v) is 4.04. The summed E-state index contributed by atoms with van der Waals surface area (Å²) in [5.74, 6) is 0.152. The van der Waals surface area contributed by atoms with E-state index >= 15 is 0 Å². The van der Waals surface area contributed by atoms with Gasteiger partial charge in [0.05, 0.1) is 0 Å². The van der Waals surface area contributed by atoms with E-state index in [0.29, 0.717) is 6.61 Å². The normalized spacial score (nSPS) is 18.5. The Bertz CT molecular complexity index is 729. The van der Waals surface area contributed by atoms with Crippen LogP contribution >= 0.6 is 0 Å². The predicted octanol–water partition coefficient (Wildman–Crippen LogP) is 5.44. The Balaban J connectivity index is 1.72. The number of carboxylic acids is 1. The summed E-state index contributed by atoms with van der Waals surface area (Å²) in [6, 6.07) is 18.1. The largest absolute Gasteiger partial charge is 0.489 e. The fraction of sp³-hybridized carbons (Fsp3) is 0.458. The van der Waals surface area contributed by atoms with E-state index in [0.717, 1.165) is 56.4 Å². The number of aliphatic carboxylic acids is 1. The molecule has 0 amide bonds. The van der Waals surface area contributed by atoms with Crippen molar-refractivity contribution < 1.29 is 14.6 Å². The maximum Gasteiger partial charge on any atom is 0.320 e. The maximum absolute atomic E-state index is 11.8. The Morgan fingerprint density at radius 1 is 1.14 bits per heavy atom. The second-order valence-corrected chi connectivity index (χ2v) is 7.59. The Morgan fingerprint density at radius 2 is 1.89 bits per heavy atom. The highest BCUT2D eigenvalue weighted by Crippen LogP contribution is 2.33. The fourth-order valence-electron chi connectivity index (χ4n) is 4.04. The second kappa shape index (κ2) is 10.3. The molecule has 28 heavy (non-hydrogen) atoms. The summed E-state index contributed by atoms with van der Waals surface area (Å²) in [5.41, 5.74) is 2.33. The number of benzene rings is 2. The van der Waals surface area contributed by atoms with Crippen LogP contribution in [0.2, 0.25) is 0 Å². The first kappa shape index (κ1) is 20.4. The second-order valence-electron chi connectivity index (χ2n) is 7.59. The zero-order valence-electron chi connectivity index (χ0n) is 16.7. The van der Waals surface area contributed by atoms with E-state index < -0.39 is 5.97 Å². The zero-order valence-corrected chi connectivity index (χ0v) is 16.7. The summed E-state index contributed by atoms with van der Waals surface area (Å²) in [6.07, 6.45) is 6.02. The highest BCUT2D eigenvalue weighted by Gasteiger charge is 2.33. The third-order valence-electron chi connectivity index (χ3n) is 5.57. The van der Waals surface area contributed by atoms with Gasteiger partial charge >= 0.3 is 5.97 Å². The van der Waals surface area contributed by atoms with Crippen molar-refractivity contribution in [2.75, 3.05) is 6.54 Å². The number of likely N-dealkylation sites (tertiary alicyclic amines) is 1. The summed E-state index contributed by atoms with van der Waals surface area (Å²) < 4.78 is 5.91. The molecule has 1 heterocycles. The highest BCUT2D eigenvalue weighted by molar-refractivity contribution is 5.73. The molecule has 2 aromatic carbocycles. The van der Waals surface area contributed by atoms with Crippen LogP contribution in [0.15, 0.2) is 54.6 Å². The third-order valence-corrected chi connectivity index (χ3v) is 5.57. The van der Waals surface area contributed by atoms with Crippen LogP contribution in [-0.2, 0) is 11.4 Å². The van der Waals surface area contributed by atoms with E-state index in [-0.39, 0.29) is 12.1 Å². The Kier molecular flexibility index (Phi) is 7.49. The average molecular weight is 382 g/mol. The van der Waals surface area contributed by atoms with Crippen LogP contribution < -0.4 is 4.74 Å². The number of piperidine rings is 1. The van der Waals surface area contributed by atoms with Crippen LogP contribution in [0.5, 0.6) is 5.75 Å². The van der Waals surface area contributed by atoms with Crippen molar-refractivity contribution in [3.05, 3.63) is 65.7 Å². The van der Waals surface area contributed by atoms with E-state index in [2.05, 4.69) is 36.1 Å². The Labute approximate surface area is 168 Å². The van der Waals surface area contributed by atoms with Gasteiger partial charge in [0.25, 0.3) is 0 Å². The molecule has 1 N–H and O–H groups in total. The smallest absolute Gasteiger partial charge is 0.320 e. The number of hydrogen-bond acceptors (Lipinski definition) is 3. The number of rotatable bonds is 9. The van der Waals surface area contributed by atoms with E-state index in [9.17, 15) is 9.90 Å². The summed E-state index contributed by atoms with van der Waals surface area (Å²) in [5, 5.41) is 9.69. The molecule has 0 saturated carbocycles. The van der Waals surface area contributed by atoms with Gasteiger partial charge < -0.3 is 9.84 Å². The first-order valence-electron chi connectivity index (χ1n) is 10.4. The number of ether oxygens (including phenoxy) is 1. The van der Waals surface area contributed by atoms with Crippen LogP contribution in [0.3, 0.4) is 0 Å². The molecule has 1 aliphatic rings. The Morgan fingerprint density at radius 3 is 2.57 bits per heavy atom. The maximum atomic E-state index is 11.8. The molecule has 150 valence electrons. The van der Waals surface area contributed by atoms with E-state index in [1.165, 1.54) is 5.56 Å². The standard InChI is InChI=1S/C24H31NO3/c1-2-3-11-22(25-17-8-7-12-23(25)24(26)27)20-13-15-21(16-14-20)28-18-19-9-5-4-6-10-19/h4-6,9-10,13-16,22-23H,2-3,7-8,11-12,17-18H2,1H3,(H,26,27). The molecule has 1 aliphatic heterocycles. The lowest BCUT2D eigenvalue weighted by atomic mass is 9.93. The van der Waals surface area contributed by atoms with Crippen LogP contribution in [0.4, 0.5) is 0 Å². The number of carbonyl (C=O) groups is 1. The molecule has 4 heteroatoms. The summed E-state index contributed by atoms with van der Waals surface area (Å²) >= 11 is 0. The molecule has 0 aromatic heterocycles. The molecule has 0 spiro atoms. The van der Waals surface area contributed by atoms with E-state index in [1.807, 2.05) is 30.3 Å². The molecular weight excluding hydrogens is 350 g/mol. The Hall–Kier alpha value is -2.33. The van der Waals surface area contributed by atoms with Gasteiger partial charge in [-0.05, 0) is 49.1 Å². The molecular formula is C24H31NO3. The summed E-state index contributed by atoms with van der Waals surface area (Å²) in [4.78, 5) is 14.0. The lowest BCUT2D eigenvalue weighted by Gasteiger charge is -2.39. The van der Waals surface area contributed by atoms with Crippen LogP contribution in [0.1, 0.15) is 62.6 Å². The van der Waals surface area contributed by atoms with Crippen molar-refractivity contribution in [2.45, 2.75) is 64.1 Å². The van der Waals surface area contributed by atoms with Gasteiger partial charge in [-0.25, -0.2) is 0 Å². The van der Waals surface area contributed by atoms with Crippen molar-refractivity contribution in [3.8, 4) is 5.75 Å². The molecule has 3 rings (SSSR count). The summed E-state index contributed by atoms with van der Waals surface area (Å²) in [7, 11) is 0. The SMILES string of the molecule is CCCCC(c1ccc(OCc2ccccc2)cc1)N1CCCCC1C(=O)O. The van der Waals surface area contributed by atoms with Gasteiger partial charge in [0.1, 0.15) is 18.4 Å². The first-order chi connectivity index (χ1) is 13.7. The number of carboxylic acid groups (broad SMARTS) is 1. The average Bonchev–Trinajstić information content (AvgIpc) is 2.74. The van der Waals surface area contributed by atoms with Gasteiger partial charge in [-0.15, -0.1) is 0 Å². The quantitative estimate of drug-likeness (QED) is 0.629.